The third kappa shape index (κ3) is 3.09. The first-order valence-corrected chi connectivity index (χ1v) is 9.05. The van der Waals surface area contributed by atoms with Crippen LogP contribution in [0.2, 0.25) is 0 Å². The minimum absolute atomic E-state index is 0.0235. The van der Waals surface area contributed by atoms with Crippen molar-refractivity contribution in [3.8, 4) is 0 Å². The van der Waals surface area contributed by atoms with Crippen LogP contribution < -0.4 is 10.6 Å². The van der Waals surface area contributed by atoms with Gasteiger partial charge in [-0.2, -0.15) is 0 Å². The largest absolute Gasteiger partial charge is 0.335 e. The van der Waals surface area contributed by atoms with Crippen LogP contribution in [0.15, 0.2) is 24.3 Å². The third-order valence-electron chi connectivity index (χ3n) is 6.06. The van der Waals surface area contributed by atoms with Crippen molar-refractivity contribution >= 4 is 6.03 Å². The van der Waals surface area contributed by atoms with Gasteiger partial charge in [-0.1, -0.05) is 30.7 Å². The van der Waals surface area contributed by atoms with E-state index in [0.29, 0.717) is 18.1 Å². The van der Waals surface area contributed by atoms with Gasteiger partial charge >= 0.3 is 6.03 Å². The van der Waals surface area contributed by atoms with Gasteiger partial charge in [0.25, 0.3) is 0 Å². The highest BCUT2D eigenvalue weighted by molar-refractivity contribution is 5.74. The molecule has 4 rings (SSSR count). The Labute approximate surface area is 138 Å². The Hall–Kier alpha value is -1.55. The normalized spacial score (nSPS) is 30.7. The number of rotatable bonds is 2. The highest BCUT2D eigenvalue weighted by atomic mass is 16.2. The van der Waals surface area contributed by atoms with Crippen LogP contribution >= 0.6 is 0 Å². The zero-order valence-electron chi connectivity index (χ0n) is 13.9. The van der Waals surface area contributed by atoms with Crippen LogP contribution in [0.1, 0.15) is 43.2 Å². The monoisotopic (exact) mass is 313 g/mol. The van der Waals surface area contributed by atoms with Gasteiger partial charge in [-0.3, -0.25) is 0 Å². The Morgan fingerprint density at radius 3 is 2.17 bits per heavy atom. The molecule has 2 bridgehead atoms. The van der Waals surface area contributed by atoms with Crippen LogP contribution in [0.25, 0.3) is 0 Å². The summed E-state index contributed by atoms with van der Waals surface area (Å²) in [6.07, 6.45) is 8.04. The molecule has 1 aromatic rings. The van der Waals surface area contributed by atoms with Crippen molar-refractivity contribution in [1.82, 2.24) is 15.5 Å². The Kier molecular flexibility index (Phi) is 4.02. The maximum atomic E-state index is 12.4. The molecule has 2 N–H and O–H groups in total. The van der Waals surface area contributed by atoms with E-state index < -0.39 is 0 Å². The molecule has 2 saturated heterocycles. The van der Waals surface area contributed by atoms with Gasteiger partial charge in [-0.15, -0.1) is 0 Å². The second-order valence-corrected chi connectivity index (χ2v) is 7.56. The van der Waals surface area contributed by atoms with Crippen LogP contribution in [0.3, 0.4) is 0 Å². The first-order valence-electron chi connectivity index (χ1n) is 9.05. The second-order valence-electron chi connectivity index (χ2n) is 7.56. The summed E-state index contributed by atoms with van der Waals surface area (Å²) in [7, 11) is 2.25. The molecule has 4 nitrogen and oxygen atoms in total. The van der Waals surface area contributed by atoms with Gasteiger partial charge in [0.1, 0.15) is 0 Å². The molecule has 4 heteroatoms. The number of fused-ring (bicyclic) bond motifs is 3. The molecule has 2 amide bonds. The number of amides is 2. The molecule has 2 aliphatic heterocycles. The van der Waals surface area contributed by atoms with Crippen molar-refractivity contribution in [2.24, 2.45) is 0 Å². The Morgan fingerprint density at radius 1 is 1.00 bits per heavy atom. The number of nitrogens with zero attached hydrogens (tertiary/aromatic N) is 1. The Morgan fingerprint density at radius 2 is 1.57 bits per heavy atom. The highest BCUT2D eigenvalue weighted by Gasteiger charge is 2.36. The van der Waals surface area contributed by atoms with Gasteiger partial charge < -0.3 is 15.5 Å². The lowest BCUT2D eigenvalue weighted by Crippen LogP contribution is -2.57. The standard InChI is InChI=1S/C19H27N3O/c1-22-17-7-4-8-18(22)12-16(11-17)21-19(23)20-15-9-13-5-2-3-6-14(13)10-15/h2-3,5-6,15-18H,4,7-12H2,1H3,(H2,20,21,23)/t17-,18-/m0/s1. The molecule has 23 heavy (non-hydrogen) atoms. The number of hydrogen-bond acceptors (Lipinski definition) is 2. The van der Waals surface area contributed by atoms with E-state index in [4.69, 9.17) is 0 Å². The molecule has 124 valence electrons. The fraction of sp³-hybridized carbons (Fsp3) is 0.632. The minimum Gasteiger partial charge on any atom is -0.335 e. The fourth-order valence-corrected chi connectivity index (χ4v) is 4.81. The van der Waals surface area contributed by atoms with Crippen molar-refractivity contribution in [2.45, 2.75) is 69.1 Å². The van der Waals surface area contributed by atoms with Crippen LogP contribution in [0, 0.1) is 0 Å². The summed E-state index contributed by atoms with van der Waals surface area (Å²) in [6.45, 7) is 0. The van der Waals surface area contributed by atoms with E-state index in [-0.39, 0.29) is 12.1 Å². The maximum absolute atomic E-state index is 12.4. The summed E-state index contributed by atoms with van der Waals surface area (Å²) in [6, 6.07) is 10.4. The van der Waals surface area contributed by atoms with E-state index in [9.17, 15) is 4.79 Å². The average Bonchev–Trinajstić information content (AvgIpc) is 2.90. The summed E-state index contributed by atoms with van der Waals surface area (Å²) in [5, 5.41) is 6.43. The van der Waals surface area contributed by atoms with E-state index in [0.717, 1.165) is 25.7 Å². The predicted octanol–water partition coefficient (Wildman–Crippen LogP) is 2.47. The number of carbonyl (C=O) groups is 1. The average molecular weight is 313 g/mol. The molecule has 1 aromatic carbocycles. The SMILES string of the molecule is CN1[C@H]2CCC[C@H]1CC(NC(=O)NC1Cc3ccccc3C1)C2. The van der Waals surface area contributed by atoms with Gasteiger partial charge in [0, 0.05) is 24.2 Å². The summed E-state index contributed by atoms with van der Waals surface area (Å²) in [5.74, 6) is 0. The van der Waals surface area contributed by atoms with Crippen LogP contribution in [-0.2, 0) is 12.8 Å². The first kappa shape index (κ1) is 15.0. The van der Waals surface area contributed by atoms with Crippen molar-refractivity contribution in [3.05, 3.63) is 35.4 Å². The topological polar surface area (TPSA) is 44.4 Å². The smallest absolute Gasteiger partial charge is 0.315 e. The number of piperidine rings is 2. The first-order chi connectivity index (χ1) is 11.2. The molecule has 3 aliphatic rings. The van der Waals surface area contributed by atoms with E-state index in [1.54, 1.807) is 0 Å². The summed E-state index contributed by atoms with van der Waals surface area (Å²) < 4.78 is 0. The molecular formula is C19H27N3O. The zero-order chi connectivity index (χ0) is 15.8. The Bertz CT molecular complexity index is 549. The third-order valence-corrected chi connectivity index (χ3v) is 6.06. The maximum Gasteiger partial charge on any atom is 0.315 e. The Balaban J connectivity index is 1.30. The number of carbonyl (C=O) groups excluding carboxylic acids is 1. The summed E-state index contributed by atoms with van der Waals surface area (Å²) in [5.41, 5.74) is 2.76. The molecule has 2 heterocycles. The van der Waals surface area contributed by atoms with E-state index in [1.807, 2.05) is 0 Å². The lowest BCUT2D eigenvalue weighted by Gasteiger charge is -2.47. The van der Waals surface area contributed by atoms with Gasteiger partial charge in [0.05, 0.1) is 0 Å². The summed E-state index contributed by atoms with van der Waals surface area (Å²) in [4.78, 5) is 14.9. The van der Waals surface area contributed by atoms with Gasteiger partial charge in [0.2, 0.25) is 0 Å². The number of nitrogens with one attached hydrogen (secondary N) is 2. The quantitative estimate of drug-likeness (QED) is 0.881. The van der Waals surface area contributed by atoms with Gasteiger partial charge in [0.15, 0.2) is 0 Å². The molecule has 0 radical (unpaired) electrons. The van der Waals surface area contributed by atoms with Crippen molar-refractivity contribution in [3.63, 3.8) is 0 Å². The number of benzene rings is 1. The molecule has 0 saturated carbocycles. The van der Waals surface area contributed by atoms with Crippen LogP contribution in [0.5, 0.6) is 0 Å². The molecule has 0 unspecified atom stereocenters. The lowest BCUT2D eigenvalue weighted by molar-refractivity contribution is 0.0508. The van der Waals surface area contributed by atoms with Crippen molar-refractivity contribution in [1.29, 1.82) is 0 Å². The van der Waals surface area contributed by atoms with E-state index >= 15 is 0 Å². The zero-order valence-corrected chi connectivity index (χ0v) is 13.9. The molecule has 0 spiro atoms. The van der Waals surface area contributed by atoms with Gasteiger partial charge in [-0.25, -0.2) is 4.79 Å². The number of urea groups is 1. The molecule has 1 aliphatic carbocycles. The number of hydrogen-bond donors (Lipinski definition) is 2. The minimum atomic E-state index is 0.0235. The second kappa shape index (κ2) is 6.16. The highest BCUT2D eigenvalue weighted by Crippen LogP contribution is 2.32. The lowest BCUT2D eigenvalue weighted by atomic mass is 9.82. The summed E-state index contributed by atoms with van der Waals surface area (Å²) >= 11 is 0. The predicted molar refractivity (Wildman–Crippen MR) is 91.5 cm³/mol. The fourth-order valence-electron chi connectivity index (χ4n) is 4.81. The molecular weight excluding hydrogens is 286 g/mol. The molecule has 0 aromatic heterocycles. The van der Waals surface area contributed by atoms with Crippen LogP contribution in [-0.4, -0.2) is 42.1 Å². The van der Waals surface area contributed by atoms with Crippen molar-refractivity contribution < 1.29 is 4.79 Å². The van der Waals surface area contributed by atoms with E-state index in [2.05, 4.69) is 46.8 Å². The van der Waals surface area contributed by atoms with Crippen LogP contribution in [0.4, 0.5) is 4.79 Å². The van der Waals surface area contributed by atoms with Gasteiger partial charge in [-0.05, 0) is 56.7 Å². The van der Waals surface area contributed by atoms with Crippen molar-refractivity contribution in [2.75, 3.05) is 7.05 Å². The molecule has 2 fully saturated rings. The molecule has 2 atom stereocenters. The van der Waals surface area contributed by atoms with E-state index in [1.165, 1.54) is 30.4 Å².